The van der Waals surface area contributed by atoms with Gasteiger partial charge in [0.25, 0.3) is 0 Å². The third kappa shape index (κ3) is 2.29. The Balaban J connectivity index is 2.05. The van der Waals surface area contributed by atoms with E-state index in [1.165, 1.54) is 0 Å². The van der Waals surface area contributed by atoms with Gasteiger partial charge in [0.1, 0.15) is 6.07 Å². The molecule has 0 aliphatic rings. The summed E-state index contributed by atoms with van der Waals surface area (Å²) in [4.78, 5) is 0. The number of benzene rings is 2. The predicted octanol–water partition coefficient (Wildman–Crippen LogP) is 4.06. The molecule has 0 aliphatic heterocycles. The van der Waals surface area contributed by atoms with Gasteiger partial charge in [-0.1, -0.05) is 41.9 Å². The quantitative estimate of drug-likeness (QED) is 0.710. The number of rotatable bonds is 2. The van der Waals surface area contributed by atoms with Crippen LogP contribution in [0.1, 0.15) is 5.56 Å². The lowest BCUT2D eigenvalue weighted by Crippen LogP contribution is -1.97. The summed E-state index contributed by atoms with van der Waals surface area (Å²) in [6, 6.07) is 17.3. The molecular formula is C16H10ClN3. The van der Waals surface area contributed by atoms with Crippen molar-refractivity contribution in [2.75, 3.05) is 0 Å². The molecule has 1 aromatic heterocycles. The smallest absolute Gasteiger partial charge is 0.101 e. The van der Waals surface area contributed by atoms with Gasteiger partial charge in [-0.25, -0.2) is 4.68 Å². The highest BCUT2D eigenvalue weighted by Gasteiger charge is 2.08. The molecule has 2 aromatic carbocycles. The van der Waals surface area contributed by atoms with Crippen LogP contribution in [0.15, 0.2) is 60.9 Å². The summed E-state index contributed by atoms with van der Waals surface area (Å²) in [5, 5.41) is 14.0. The van der Waals surface area contributed by atoms with Crippen molar-refractivity contribution in [3.63, 3.8) is 0 Å². The van der Waals surface area contributed by atoms with Gasteiger partial charge in [0.15, 0.2) is 0 Å². The van der Waals surface area contributed by atoms with Crippen LogP contribution in [-0.4, -0.2) is 9.78 Å². The number of nitriles is 1. The van der Waals surface area contributed by atoms with E-state index in [1.54, 1.807) is 29.1 Å². The zero-order valence-electron chi connectivity index (χ0n) is 10.5. The van der Waals surface area contributed by atoms with E-state index in [0.717, 1.165) is 16.8 Å². The van der Waals surface area contributed by atoms with Gasteiger partial charge in [-0.05, 0) is 23.8 Å². The average Bonchev–Trinajstić information content (AvgIpc) is 2.97. The molecule has 3 rings (SSSR count). The molecule has 3 nitrogen and oxygen atoms in total. The van der Waals surface area contributed by atoms with Crippen LogP contribution < -0.4 is 0 Å². The standard InChI is InChI=1S/C16H10ClN3/c17-15-6-7-16(13(8-15)9-18)20-11-14(10-19-20)12-4-2-1-3-5-12/h1-8,10-11H. The first-order chi connectivity index (χ1) is 9.78. The van der Waals surface area contributed by atoms with E-state index in [1.807, 2.05) is 36.5 Å². The monoisotopic (exact) mass is 279 g/mol. The van der Waals surface area contributed by atoms with Crippen LogP contribution in [-0.2, 0) is 0 Å². The topological polar surface area (TPSA) is 41.6 Å². The third-order valence-electron chi connectivity index (χ3n) is 3.02. The summed E-state index contributed by atoms with van der Waals surface area (Å²) in [5.74, 6) is 0. The molecule has 1 heterocycles. The summed E-state index contributed by atoms with van der Waals surface area (Å²) >= 11 is 5.90. The summed E-state index contributed by atoms with van der Waals surface area (Å²) in [7, 11) is 0. The van der Waals surface area contributed by atoms with E-state index >= 15 is 0 Å². The maximum absolute atomic E-state index is 9.18. The Labute approximate surface area is 121 Å². The molecule has 0 radical (unpaired) electrons. The van der Waals surface area contributed by atoms with Crippen molar-refractivity contribution >= 4 is 11.6 Å². The van der Waals surface area contributed by atoms with Crippen LogP contribution in [0.3, 0.4) is 0 Å². The highest BCUT2D eigenvalue weighted by atomic mass is 35.5. The van der Waals surface area contributed by atoms with E-state index in [0.29, 0.717) is 10.6 Å². The SMILES string of the molecule is N#Cc1cc(Cl)ccc1-n1cc(-c2ccccc2)cn1. The molecule has 4 heteroatoms. The average molecular weight is 280 g/mol. The van der Waals surface area contributed by atoms with Gasteiger partial charge in [0.2, 0.25) is 0 Å². The lowest BCUT2D eigenvalue weighted by Gasteiger charge is -2.04. The first-order valence-corrected chi connectivity index (χ1v) is 6.46. The maximum atomic E-state index is 9.18. The molecule has 0 N–H and O–H groups in total. The van der Waals surface area contributed by atoms with Crippen molar-refractivity contribution < 1.29 is 0 Å². The fraction of sp³-hybridized carbons (Fsp3) is 0. The van der Waals surface area contributed by atoms with Crippen molar-refractivity contribution in [1.29, 1.82) is 5.26 Å². The Morgan fingerprint density at radius 2 is 1.85 bits per heavy atom. The van der Waals surface area contributed by atoms with Gasteiger partial charge in [-0.15, -0.1) is 0 Å². The molecule has 3 aromatic rings. The second kappa shape index (κ2) is 5.20. The summed E-state index contributed by atoms with van der Waals surface area (Å²) in [6.07, 6.45) is 3.69. The zero-order valence-corrected chi connectivity index (χ0v) is 11.2. The zero-order chi connectivity index (χ0) is 13.9. The van der Waals surface area contributed by atoms with E-state index < -0.39 is 0 Å². The second-order valence-electron chi connectivity index (χ2n) is 4.31. The van der Waals surface area contributed by atoms with Gasteiger partial charge >= 0.3 is 0 Å². The van der Waals surface area contributed by atoms with Crippen LogP contribution >= 0.6 is 11.6 Å². The van der Waals surface area contributed by atoms with Gasteiger partial charge in [-0.2, -0.15) is 10.4 Å². The Morgan fingerprint density at radius 1 is 1.05 bits per heavy atom. The van der Waals surface area contributed by atoms with Crippen molar-refractivity contribution in [2.24, 2.45) is 0 Å². The van der Waals surface area contributed by atoms with E-state index in [9.17, 15) is 5.26 Å². The summed E-state index contributed by atoms with van der Waals surface area (Å²) in [5.41, 5.74) is 3.31. The van der Waals surface area contributed by atoms with Crippen molar-refractivity contribution in [3.05, 3.63) is 71.5 Å². The van der Waals surface area contributed by atoms with Crippen molar-refractivity contribution in [3.8, 4) is 22.9 Å². The molecular weight excluding hydrogens is 270 g/mol. The molecule has 0 saturated carbocycles. The lowest BCUT2D eigenvalue weighted by molar-refractivity contribution is 0.877. The van der Waals surface area contributed by atoms with Crippen LogP contribution in [0, 0.1) is 11.3 Å². The Hall–Kier alpha value is -2.57. The molecule has 96 valence electrons. The number of nitrogens with zero attached hydrogens (tertiary/aromatic N) is 3. The molecule has 20 heavy (non-hydrogen) atoms. The normalized spacial score (nSPS) is 10.2. The van der Waals surface area contributed by atoms with Gasteiger partial charge < -0.3 is 0 Å². The first-order valence-electron chi connectivity index (χ1n) is 6.08. The molecule has 0 aliphatic carbocycles. The first kappa shape index (κ1) is 12.5. The van der Waals surface area contributed by atoms with E-state index in [-0.39, 0.29) is 0 Å². The second-order valence-corrected chi connectivity index (χ2v) is 4.75. The fourth-order valence-corrected chi connectivity index (χ4v) is 2.20. The Morgan fingerprint density at radius 3 is 2.60 bits per heavy atom. The molecule has 0 bridgehead atoms. The number of hydrogen-bond acceptors (Lipinski definition) is 2. The molecule has 0 unspecified atom stereocenters. The minimum atomic E-state index is 0.500. The Kier molecular flexibility index (Phi) is 3.24. The van der Waals surface area contributed by atoms with Crippen LogP contribution in [0.5, 0.6) is 0 Å². The van der Waals surface area contributed by atoms with Crippen LogP contribution in [0.25, 0.3) is 16.8 Å². The minimum absolute atomic E-state index is 0.500. The fourth-order valence-electron chi connectivity index (χ4n) is 2.03. The number of aromatic nitrogens is 2. The van der Waals surface area contributed by atoms with Crippen LogP contribution in [0.2, 0.25) is 5.02 Å². The highest BCUT2D eigenvalue weighted by molar-refractivity contribution is 6.30. The predicted molar refractivity (Wildman–Crippen MR) is 78.7 cm³/mol. The summed E-state index contributed by atoms with van der Waals surface area (Å²) in [6.45, 7) is 0. The molecule has 0 fully saturated rings. The Bertz CT molecular complexity index is 785. The summed E-state index contributed by atoms with van der Waals surface area (Å²) < 4.78 is 1.69. The van der Waals surface area contributed by atoms with Crippen molar-refractivity contribution in [1.82, 2.24) is 9.78 Å². The number of hydrogen-bond donors (Lipinski definition) is 0. The lowest BCUT2D eigenvalue weighted by atomic mass is 10.1. The van der Waals surface area contributed by atoms with E-state index in [2.05, 4.69) is 11.2 Å². The third-order valence-corrected chi connectivity index (χ3v) is 3.25. The highest BCUT2D eigenvalue weighted by Crippen LogP contribution is 2.22. The van der Waals surface area contributed by atoms with Gasteiger partial charge in [0.05, 0.1) is 17.4 Å². The van der Waals surface area contributed by atoms with Crippen LogP contribution in [0.4, 0.5) is 0 Å². The maximum Gasteiger partial charge on any atom is 0.101 e. The number of halogens is 1. The minimum Gasteiger partial charge on any atom is -0.239 e. The molecule has 0 saturated heterocycles. The van der Waals surface area contributed by atoms with Gasteiger partial charge in [-0.3, -0.25) is 0 Å². The molecule has 0 atom stereocenters. The molecule has 0 spiro atoms. The van der Waals surface area contributed by atoms with Gasteiger partial charge in [0, 0.05) is 16.8 Å². The largest absolute Gasteiger partial charge is 0.239 e. The van der Waals surface area contributed by atoms with E-state index in [4.69, 9.17) is 11.6 Å². The van der Waals surface area contributed by atoms with Crippen molar-refractivity contribution in [2.45, 2.75) is 0 Å². The molecule has 0 amide bonds.